The molecular weight excluding hydrogens is 530 g/mol. The molecule has 3 aromatic rings. The first-order valence-electron chi connectivity index (χ1n) is 12.1. The fourth-order valence-electron chi connectivity index (χ4n) is 4.67. The van der Waals surface area contributed by atoms with Gasteiger partial charge in [0.25, 0.3) is 11.8 Å². The topological polar surface area (TPSA) is 101 Å². The first kappa shape index (κ1) is 27.9. The van der Waals surface area contributed by atoms with E-state index in [4.69, 9.17) is 11.6 Å². The fraction of sp³-hybridized carbons (Fsp3) is 0.296. The van der Waals surface area contributed by atoms with Crippen LogP contribution in [0.3, 0.4) is 0 Å². The van der Waals surface area contributed by atoms with Crippen molar-refractivity contribution in [2.24, 2.45) is 17.0 Å². The summed E-state index contributed by atoms with van der Waals surface area (Å²) in [7, 11) is 1.41. The molecule has 1 fully saturated rings. The van der Waals surface area contributed by atoms with Crippen LogP contribution in [0.15, 0.2) is 58.6 Å². The number of aromatic nitrogens is 2. The second-order valence-corrected chi connectivity index (χ2v) is 9.28. The number of ether oxygens (including phenoxy) is 1. The molecule has 4 rings (SSSR count). The number of rotatable bonds is 8. The van der Waals surface area contributed by atoms with Crippen LogP contribution in [0.4, 0.5) is 20.2 Å². The monoisotopic (exact) mass is 556 g/mol. The van der Waals surface area contributed by atoms with Gasteiger partial charge in [-0.05, 0) is 37.8 Å². The van der Waals surface area contributed by atoms with Crippen molar-refractivity contribution in [2.75, 3.05) is 13.1 Å². The quantitative estimate of drug-likeness (QED) is 0.387. The number of alkyl halides is 2. The molecule has 2 heterocycles. The number of carbonyl (C=O) groups is 2. The summed E-state index contributed by atoms with van der Waals surface area (Å²) in [4.78, 5) is 36.5. The first-order valence-corrected chi connectivity index (χ1v) is 12.5. The maximum absolute atomic E-state index is 13.5. The zero-order valence-electron chi connectivity index (χ0n) is 21.4. The molecule has 0 unspecified atom stereocenters. The fourth-order valence-corrected chi connectivity index (χ4v) is 4.93. The lowest BCUT2D eigenvalue weighted by Crippen LogP contribution is -2.51. The molecule has 1 N–H and O–H groups in total. The lowest BCUT2D eigenvalue weighted by Gasteiger charge is -2.39. The third-order valence-corrected chi connectivity index (χ3v) is 6.78. The summed E-state index contributed by atoms with van der Waals surface area (Å²) in [5.41, 5.74) is 1.98. The van der Waals surface area contributed by atoms with Gasteiger partial charge in [-0.3, -0.25) is 19.6 Å². The molecule has 0 aliphatic carbocycles. The van der Waals surface area contributed by atoms with E-state index in [2.05, 4.69) is 31.9 Å². The van der Waals surface area contributed by atoms with Crippen molar-refractivity contribution >= 4 is 47.7 Å². The number of piperidine rings is 1. The van der Waals surface area contributed by atoms with E-state index in [9.17, 15) is 18.4 Å². The van der Waals surface area contributed by atoms with Gasteiger partial charge in [0.1, 0.15) is 11.3 Å². The van der Waals surface area contributed by atoms with Crippen molar-refractivity contribution in [3.05, 3.63) is 70.4 Å². The van der Waals surface area contributed by atoms with Crippen molar-refractivity contribution in [1.82, 2.24) is 20.0 Å². The number of nitrogens with zero attached hydrogens (tertiary/aromatic N) is 5. The standard InChI is InChI=1S/C27H27ClF2N6O3/c1-4-32-23-20(28)12-17(13-22(23)31-2)25(38)36-11-10-21(19(15-36)16-8-6-5-7-9-16)34-24(37)18-14-33-35(3)26(18)39-27(29)30/h4-9,12-14,19,21,27H,2,10-11,15H2,1,3H3,(H,34,37)/t19-,21-/m1/s1. The lowest BCUT2D eigenvalue weighted by atomic mass is 9.85. The predicted molar refractivity (Wildman–Crippen MR) is 145 cm³/mol. The molecule has 204 valence electrons. The van der Waals surface area contributed by atoms with Crippen molar-refractivity contribution in [2.45, 2.75) is 31.9 Å². The van der Waals surface area contributed by atoms with Crippen LogP contribution in [0.5, 0.6) is 5.88 Å². The van der Waals surface area contributed by atoms with Gasteiger partial charge in [-0.15, -0.1) is 0 Å². The Morgan fingerprint density at radius 2 is 2.03 bits per heavy atom. The zero-order valence-corrected chi connectivity index (χ0v) is 22.1. The third kappa shape index (κ3) is 6.14. The molecule has 0 radical (unpaired) electrons. The number of aryl methyl sites for hydroxylation is 1. The molecule has 1 aromatic heterocycles. The summed E-state index contributed by atoms with van der Waals surface area (Å²) in [6, 6.07) is 12.2. The molecule has 0 saturated carbocycles. The van der Waals surface area contributed by atoms with E-state index in [1.807, 2.05) is 30.3 Å². The molecule has 9 nitrogen and oxygen atoms in total. The minimum absolute atomic E-state index is 0.1000. The molecule has 12 heteroatoms. The second-order valence-electron chi connectivity index (χ2n) is 8.87. The lowest BCUT2D eigenvalue weighted by molar-refractivity contribution is -0.0556. The van der Waals surface area contributed by atoms with Crippen LogP contribution in [-0.4, -0.2) is 65.2 Å². The Hall–Kier alpha value is -4.12. The minimum atomic E-state index is -3.11. The maximum Gasteiger partial charge on any atom is 0.388 e. The number of hydrogen-bond donors (Lipinski definition) is 1. The minimum Gasteiger partial charge on any atom is -0.416 e. The molecule has 39 heavy (non-hydrogen) atoms. The number of carbonyl (C=O) groups excluding carboxylic acids is 2. The highest BCUT2D eigenvalue weighted by atomic mass is 35.5. The Morgan fingerprint density at radius 3 is 2.69 bits per heavy atom. The van der Waals surface area contributed by atoms with Crippen LogP contribution < -0.4 is 10.1 Å². The van der Waals surface area contributed by atoms with Crippen molar-refractivity contribution in [3.63, 3.8) is 0 Å². The van der Waals surface area contributed by atoms with E-state index < -0.39 is 12.5 Å². The van der Waals surface area contributed by atoms with Crippen LogP contribution in [0.1, 0.15) is 45.5 Å². The van der Waals surface area contributed by atoms with Crippen molar-refractivity contribution < 1.29 is 23.1 Å². The van der Waals surface area contributed by atoms with Gasteiger partial charge in [0.15, 0.2) is 0 Å². The Balaban J connectivity index is 1.59. The molecule has 1 aliphatic rings. The summed E-state index contributed by atoms with van der Waals surface area (Å²) >= 11 is 6.40. The molecule has 1 saturated heterocycles. The summed E-state index contributed by atoms with van der Waals surface area (Å²) in [6.45, 7) is 2.84. The van der Waals surface area contributed by atoms with Gasteiger partial charge in [-0.1, -0.05) is 41.9 Å². The van der Waals surface area contributed by atoms with Gasteiger partial charge in [-0.2, -0.15) is 13.9 Å². The number of likely N-dealkylation sites (tertiary alicyclic amines) is 1. The van der Waals surface area contributed by atoms with Crippen LogP contribution in [0.25, 0.3) is 0 Å². The normalized spacial score (nSPS) is 17.4. The highest BCUT2D eigenvalue weighted by molar-refractivity contribution is 6.34. The average molecular weight is 557 g/mol. The second kappa shape index (κ2) is 12.2. The number of aliphatic imine (C=N–C) groups is 2. The molecule has 2 aromatic carbocycles. The number of benzene rings is 2. The highest BCUT2D eigenvalue weighted by Gasteiger charge is 2.35. The van der Waals surface area contributed by atoms with Gasteiger partial charge in [-0.25, -0.2) is 4.68 Å². The number of nitrogens with one attached hydrogen (secondary N) is 1. The van der Waals surface area contributed by atoms with Crippen molar-refractivity contribution in [3.8, 4) is 5.88 Å². The Labute approximate surface area is 229 Å². The number of hydrogen-bond acceptors (Lipinski definition) is 6. The van der Waals surface area contributed by atoms with Crippen LogP contribution >= 0.6 is 11.6 Å². The molecular formula is C27H27ClF2N6O3. The average Bonchev–Trinajstić information content (AvgIpc) is 3.29. The van der Waals surface area contributed by atoms with E-state index in [-0.39, 0.29) is 34.3 Å². The first-order chi connectivity index (χ1) is 18.7. The van der Waals surface area contributed by atoms with Gasteiger partial charge in [0.2, 0.25) is 5.88 Å². The highest BCUT2D eigenvalue weighted by Crippen LogP contribution is 2.37. The van der Waals surface area contributed by atoms with E-state index in [1.54, 1.807) is 30.2 Å². The SMILES string of the molecule is C=Nc1cc(C(=O)N2CC[C@@H](NC(=O)c3cnn(C)c3OC(F)F)[C@@H](c3ccccc3)C2)cc(Cl)c1N=CC. The summed E-state index contributed by atoms with van der Waals surface area (Å²) < 4.78 is 31.4. The summed E-state index contributed by atoms with van der Waals surface area (Å²) in [5, 5.41) is 7.10. The van der Waals surface area contributed by atoms with E-state index in [1.165, 1.54) is 13.2 Å². The zero-order chi connectivity index (χ0) is 28.1. The Bertz CT molecular complexity index is 1400. The number of amides is 2. The van der Waals surface area contributed by atoms with Gasteiger partial charge in [0, 0.05) is 43.9 Å². The molecule has 2 atom stereocenters. The predicted octanol–water partition coefficient (Wildman–Crippen LogP) is 5.16. The van der Waals surface area contributed by atoms with Crippen LogP contribution in [0, 0.1) is 0 Å². The van der Waals surface area contributed by atoms with E-state index in [0.29, 0.717) is 36.4 Å². The third-order valence-electron chi connectivity index (χ3n) is 6.49. The van der Waals surface area contributed by atoms with Crippen molar-refractivity contribution in [1.29, 1.82) is 0 Å². The Morgan fingerprint density at radius 1 is 1.28 bits per heavy atom. The molecule has 1 aliphatic heterocycles. The molecule has 0 spiro atoms. The maximum atomic E-state index is 13.5. The van der Waals surface area contributed by atoms with E-state index >= 15 is 0 Å². The van der Waals surface area contributed by atoms with Gasteiger partial charge >= 0.3 is 6.61 Å². The van der Waals surface area contributed by atoms with Gasteiger partial charge in [0.05, 0.1) is 16.9 Å². The van der Waals surface area contributed by atoms with E-state index in [0.717, 1.165) is 10.2 Å². The van der Waals surface area contributed by atoms with Crippen LogP contribution in [-0.2, 0) is 7.05 Å². The smallest absolute Gasteiger partial charge is 0.388 e. The summed E-state index contributed by atoms with van der Waals surface area (Å²) in [6.07, 6.45) is 3.18. The van der Waals surface area contributed by atoms with Crippen LogP contribution in [0.2, 0.25) is 5.02 Å². The van der Waals surface area contributed by atoms with Gasteiger partial charge < -0.3 is 15.0 Å². The summed E-state index contributed by atoms with van der Waals surface area (Å²) in [5.74, 6) is -1.45. The largest absolute Gasteiger partial charge is 0.416 e. The Kier molecular flexibility index (Phi) is 8.70. The molecule has 0 bridgehead atoms. The number of halogens is 3. The molecule has 2 amide bonds.